The van der Waals surface area contributed by atoms with Gasteiger partial charge in [-0.2, -0.15) is 0 Å². The highest BCUT2D eigenvalue weighted by Gasteiger charge is 2.14. The smallest absolute Gasteiger partial charge is 0.261 e. The van der Waals surface area contributed by atoms with Crippen molar-refractivity contribution in [3.8, 4) is 0 Å². The molecule has 0 unspecified atom stereocenters. The van der Waals surface area contributed by atoms with E-state index < -0.39 is 15.8 Å². The molecule has 0 spiro atoms. The van der Waals surface area contributed by atoms with Crippen molar-refractivity contribution in [3.63, 3.8) is 0 Å². The van der Waals surface area contributed by atoms with Gasteiger partial charge in [0.1, 0.15) is 5.82 Å². The topological polar surface area (TPSA) is 58.2 Å². The Morgan fingerprint density at radius 3 is 2.38 bits per heavy atom. The molecule has 4 nitrogen and oxygen atoms in total. The van der Waals surface area contributed by atoms with E-state index in [-0.39, 0.29) is 15.6 Å². The summed E-state index contributed by atoms with van der Waals surface area (Å²) in [5.41, 5.74) is 1.09. The molecule has 0 bridgehead atoms. The summed E-state index contributed by atoms with van der Waals surface area (Å²) in [5, 5.41) is 2.91. The lowest BCUT2D eigenvalue weighted by Gasteiger charge is -2.09. The molecule has 2 aromatic carbocycles. The van der Waals surface area contributed by atoms with Crippen molar-refractivity contribution in [1.82, 2.24) is 5.32 Å². The maximum Gasteiger partial charge on any atom is 0.261 e. The van der Waals surface area contributed by atoms with Gasteiger partial charge in [-0.25, -0.2) is 12.8 Å². The maximum absolute atomic E-state index is 13.3. The number of hydrogen-bond acceptors (Lipinski definition) is 3. The molecule has 0 aliphatic heterocycles. The monoisotopic (exact) mass is 328 g/mol. The highest BCUT2D eigenvalue weighted by Crippen LogP contribution is 2.21. The third-order valence-electron chi connectivity index (χ3n) is 2.79. The number of sulfonamides is 1. The summed E-state index contributed by atoms with van der Waals surface area (Å²) >= 11 is 5.56. The fourth-order valence-corrected chi connectivity index (χ4v) is 2.93. The minimum absolute atomic E-state index is 0.0608. The first-order chi connectivity index (χ1) is 9.92. The third-order valence-corrected chi connectivity index (χ3v) is 4.49. The predicted octanol–water partition coefficient (Wildman–Crippen LogP) is 3.00. The zero-order chi connectivity index (χ0) is 15.5. The largest absolute Gasteiger partial charge is 0.316 e. The van der Waals surface area contributed by atoms with Gasteiger partial charge < -0.3 is 5.32 Å². The van der Waals surface area contributed by atoms with Crippen molar-refractivity contribution in [2.24, 2.45) is 0 Å². The molecule has 0 saturated heterocycles. The quantitative estimate of drug-likeness (QED) is 0.887. The van der Waals surface area contributed by atoms with Crippen LogP contribution in [0.25, 0.3) is 0 Å². The Labute approximate surface area is 128 Å². The lowest BCUT2D eigenvalue weighted by molar-refractivity contribution is 0.601. The minimum atomic E-state index is -3.75. The molecule has 7 heteroatoms. The Morgan fingerprint density at radius 1 is 1.14 bits per heavy atom. The summed E-state index contributed by atoms with van der Waals surface area (Å²) < 4.78 is 40.0. The Hall–Kier alpha value is -1.63. The molecule has 2 N–H and O–H groups in total. The summed E-state index contributed by atoms with van der Waals surface area (Å²) in [6, 6.07) is 10.2. The average molecular weight is 329 g/mol. The van der Waals surface area contributed by atoms with Crippen LogP contribution in [0.1, 0.15) is 5.56 Å². The van der Waals surface area contributed by atoms with Crippen LogP contribution in [0, 0.1) is 5.82 Å². The van der Waals surface area contributed by atoms with Gasteiger partial charge in [-0.1, -0.05) is 23.7 Å². The molecule has 0 heterocycles. The lowest BCUT2D eigenvalue weighted by Crippen LogP contribution is -2.13. The van der Waals surface area contributed by atoms with Crippen molar-refractivity contribution in [2.75, 3.05) is 11.8 Å². The van der Waals surface area contributed by atoms with Gasteiger partial charge in [0.25, 0.3) is 10.0 Å². The number of anilines is 1. The van der Waals surface area contributed by atoms with Gasteiger partial charge in [0.2, 0.25) is 0 Å². The Morgan fingerprint density at radius 2 is 1.81 bits per heavy atom. The Balaban J connectivity index is 2.23. The first-order valence-corrected chi connectivity index (χ1v) is 8.00. The highest BCUT2D eigenvalue weighted by molar-refractivity contribution is 7.92. The predicted molar refractivity (Wildman–Crippen MR) is 81.4 cm³/mol. The number of rotatable bonds is 5. The van der Waals surface area contributed by atoms with Crippen LogP contribution in [0.3, 0.4) is 0 Å². The average Bonchev–Trinajstić information content (AvgIpc) is 2.44. The van der Waals surface area contributed by atoms with Crippen LogP contribution in [0.2, 0.25) is 5.02 Å². The van der Waals surface area contributed by atoms with E-state index in [1.165, 1.54) is 24.3 Å². The van der Waals surface area contributed by atoms with Crippen LogP contribution < -0.4 is 10.0 Å². The molecule has 0 aliphatic carbocycles. The van der Waals surface area contributed by atoms with E-state index in [1.807, 2.05) is 0 Å². The van der Waals surface area contributed by atoms with Crippen LogP contribution >= 0.6 is 11.6 Å². The molecule has 2 aromatic rings. The van der Waals surface area contributed by atoms with Crippen molar-refractivity contribution in [3.05, 3.63) is 58.9 Å². The number of halogens is 2. The molecule has 21 heavy (non-hydrogen) atoms. The van der Waals surface area contributed by atoms with Crippen molar-refractivity contribution < 1.29 is 12.8 Å². The standard InChI is InChI=1S/C14H14ClFN2O2S/c1-17-9-10-2-5-12(6-3-10)21(19,20)18-11-4-7-13(15)14(16)8-11/h2-8,17-18H,9H2,1H3. The summed E-state index contributed by atoms with van der Waals surface area (Å²) in [4.78, 5) is 0.109. The number of benzene rings is 2. The molecule has 0 radical (unpaired) electrons. The van der Waals surface area contributed by atoms with Crippen molar-refractivity contribution in [2.45, 2.75) is 11.4 Å². The van der Waals surface area contributed by atoms with E-state index in [1.54, 1.807) is 19.2 Å². The van der Waals surface area contributed by atoms with E-state index in [0.29, 0.717) is 6.54 Å². The summed E-state index contributed by atoms with van der Waals surface area (Å²) in [6.07, 6.45) is 0. The zero-order valence-electron chi connectivity index (χ0n) is 11.2. The summed E-state index contributed by atoms with van der Waals surface area (Å²) in [6.45, 7) is 0.649. The molecule has 0 atom stereocenters. The van der Waals surface area contributed by atoms with Gasteiger partial charge in [0.15, 0.2) is 0 Å². The van der Waals surface area contributed by atoms with Crippen LogP contribution in [0.4, 0.5) is 10.1 Å². The van der Waals surface area contributed by atoms with E-state index in [2.05, 4.69) is 10.0 Å². The van der Waals surface area contributed by atoms with Crippen LogP contribution in [-0.4, -0.2) is 15.5 Å². The normalized spacial score (nSPS) is 11.4. The molecular weight excluding hydrogens is 315 g/mol. The SMILES string of the molecule is CNCc1ccc(S(=O)(=O)Nc2ccc(Cl)c(F)c2)cc1. The van der Waals surface area contributed by atoms with Gasteiger partial charge in [0, 0.05) is 6.54 Å². The number of nitrogens with one attached hydrogen (secondary N) is 2. The van der Waals surface area contributed by atoms with Gasteiger partial charge in [-0.15, -0.1) is 0 Å². The van der Waals surface area contributed by atoms with Crippen LogP contribution in [0.5, 0.6) is 0 Å². The van der Waals surface area contributed by atoms with Crippen molar-refractivity contribution >= 4 is 27.3 Å². The van der Waals surface area contributed by atoms with Crippen molar-refractivity contribution in [1.29, 1.82) is 0 Å². The van der Waals surface area contributed by atoms with Crippen LogP contribution in [-0.2, 0) is 16.6 Å². The van der Waals surface area contributed by atoms with Gasteiger partial charge in [0.05, 0.1) is 15.6 Å². The highest BCUT2D eigenvalue weighted by atomic mass is 35.5. The van der Waals surface area contributed by atoms with Gasteiger partial charge >= 0.3 is 0 Å². The number of hydrogen-bond donors (Lipinski definition) is 2. The zero-order valence-corrected chi connectivity index (χ0v) is 12.8. The fourth-order valence-electron chi connectivity index (χ4n) is 1.76. The first-order valence-electron chi connectivity index (χ1n) is 6.14. The molecule has 0 aliphatic rings. The molecule has 0 saturated carbocycles. The molecular formula is C14H14ClFN2O2S. The minimum Gasteiger partial charge on any atom is -0.316 e. The van der Waals surface area contributed by atoms with E-state index in [9.17, 15) is 12.8 Å². The molecule has 0 amide bonds. The second-order valence-electron chi connectivity index (χ2n) is 4.41. The van der Waals surface area contributed by atoms with Gasteiger partial charge in [-0.05, 0) is 42.9 Å². The molecule has 0 aromatic heterocycles. The Kier molecular flexibility index (Phi) is 4.82. The molecule has 112 valence electrons. The third kappa shape index (κ3) is 3.93. The van der Waals surface area contributed by atoms with E-state index in [0.717, 1.165) is 11.6 Å². The second-order valence-corrected chi connectivity index (χ2v) is 6.50. The fraction of sp³-hybridized carbons (Fsp3) is 0.143. The van der Waals surface area contributed by atoms with E-state index >= 15 is 0 Å². The Bertz CT molecular complexity index is 733. The lowest BCUT2D eigenvalue weighted by atomic mass is 10.2. The van der Waals surface area contributed by atoms with Crippen LogP contribution in [0.15, 0.2) is 47.4 Å². The summed E-state index contributed by atoms with van der Waals surface area (Å²) in [5.74, 6) is -0.679. The summed E-state index contributed by atoms with van der Waals surface area (Å²) in [7, 11) is -1.95. The maximum atomic E-state index is 13.3. The molecule has 2 rings (SSSR count). The second kappa shape index (κ2) is 6.43. The van der Waals surface area contributed by atoms with E-state index in [4.69, 9.17) is 11.6 Å². The first kappa shape index (κ1) is 15.8. The van der Waals surface area contributed by atoms with Gasteiger partial charge in [-0.3, -0.25) is 4.72 Å². The molecule has 0 fully saturated rings.